The molecule has 4 unspecified atom stereocenters. The second kappa shape index (κ2) is 11.8. The van der Waals surface area contributed by atoms with Crippen LogP contribution in [0, 0.1) is 11.3 Å². The van der Waals surface area contributed by atoms with Gasteiger partial charge in [0.15, 0.2) is 0 Å². The maximum atomic E-state index is 13.9. The first kappa shape index (κ1) is 30.3. The number of nitrogens with one attached hydrogen (secondary N) is 2. The molecule has 1 aliphatic carbocycles. The molecule has 2 saturated heterocycles. The van der Waals surface area contributed by atoms with Gasteiger partial charge in [-0.25, -0.2) is 32.0 Å². The Labute approximate surface area is 240 Å². The van der Waals surface area contributed by atoms with Gasteiger partial charge in [-0.05, 0) is 51.4 Å². The summed E-state index contributed by atoms with van der Waals surface area (Å²) in [5.74, 6) is -6.93. The Kier molecular flexibility index (Phi) is 8.52. The van der Waals surface area contributed by atoms with Crippen LogP contribution in [-0.2, 0) is 14.3 Å². The summed E-state index contributed by atoms with van der Waals surface area (Å²) in [5.41, 5.74) is 6.22. The Hall–Kier alpha value is -3.20. The molecule has 5 rings (SSSR count). The summed E-state index contributed by atoms with van der Waals surface area (Å²) in [6.45, 7) is 1.15. The first-order chi connectivity index (χ1) is 19.8. The van der Waals surface area contributed by atoms with Crippen LogP contribution in [0.25, 0.3) is 5.78 Å². The molecule has 2 aliphatic heterocycles. The number of aromatic nitrogens is 4. The van der Waals surface area contributed by atoms with Gasteiger partial charge in [-0.15, -0.1) is 0 Å². The lowest BCUT2D eigenvalue weighted by atomic mass is 9.81. The number of carbonyl (C=O) groups excluding carboxylic acids is 2. The molecule has 2 aromatic rings. The van der Waals surface area contributed by atoms with Crippen molar-refractivity contribution in [2.45, 2.75) is 101 Å². The van der Waals surface area contributed by atoms with Gasteiger partial charge in [0.2, 0.25) is 5.92 Å². The number of likely N-dealkylation sites (tertiary alicyclic amines) is 1. The zero-order chi connectivity index (χ0) is 30.2. The molecule has 0 radical (unpaired) electrons. The average Bonchev–Trinajstić information content (AvgIpc) is 3.38. The molecule has 0 spiro atoms. The lowest BCUT2D eigenvalue weighted by Gasteiger charge is -2.38. The molecule has 4 atom stereocenters. The molecule has 3 aliphatic rings. The van der Waals surface area contributed by atoms with Crippen molar-refractivity contribution in [2.24, 2.45) is 11.7 Å². The first-order valence-corrected chi connectivity index (χ1v) is 14.4. The van der Waals surface area contributed by atoms with E-state index >= 15 is 0 Å². The van der Waals surface area contributed by atoms with Gasteiger partial charge in [-0.2, -0.15) is 5.10 Å². The van der Waals surface area contributed by atoms with Crippen molar-refractivity contribution in [2.75, 3.05) is 13.2 Å². The highest BCUT2D eigenvalue weighted by atomic mass is 19.3. The summed E-state index contributed by atoms with van der Waals surface area (Å²) in [4.78, 5) is 36.9. The predicted octanol–water partition coefficient (Wildman–Crippen LogP) is 3.34. The third kappa shape index (κ3) is 6.56. The Morgan fingerprint density at radius 3 is 2.48 bits per heavy atom. The van der Waals surface area contributed by atoms with E-state index < -0.39 is 55.0 Å². The van der Waals surface area contributed by atoms with Crippen LogP contribution < -0.4 is 11.1 Å². The lowest BCUT2D eigenvalue weighted by Crippen LogP contribution is -2.48. The van der Waals surface area contributed by atoms with Crippen LogP contribution in [-0.4, -0.2) is 79.2 Å². The van der Waals surface area contributed by atoms with E-state index in [0.29, 0.717) is 24.4 Å². The maximum absolute atomic E-state index is 13.9. The van der Waals surface area contributed by atoms with Crippen molar-refractivity contribution in [3.63, 3.8) is 0 Å². The van der Waals surface area contributed by atoms with Crippen molar-refractivity contribution in [1.82, 2.24) is 29.8 Å². The highest BCUT2D eigenvalue weighted by Crippen LogP contribution is 2.41. The van der Waals surface area contributed by atoms with Crippen molar-refractivity contribution < 1.29 is 31.9 Å². The number of rotatable bonds is 7. The van der Waals surface area contributed by atoms with E-state index in [0.717, 1.165) is 12.8 Å². The molecule has 15 heteroatoms. The monoisotopic (exact) mass is 596 g/mol. The number of nitrogens with zero attached hydrogens (tertiary/aromatic N) is 5. The summed E-state index contributed by atoms with van der Waals surface area (Å²) >= 11 is 0. The van der Waals surface area contributed by atoms with E-state index in [-0.39, 0.29) is 55.4 Å². The predicted molar refractivity (Wildman–Crippen MR) is 142 cm³/mol. The fourth-order valence-corrected chi connectivity index (χ4v) is 5.97. The average molecular weight is 597 g/mol. The van der Waals surface area contributed by atoms with Gasteiger partial charge in [-0.3, -0.25) is 15.0 Å². The van der Waals surface area contributed by atoms with E-state index in [9.17, 15) is 27.2 Å². The number of hydrogen-bond acceptors (Lipinski definition) is 8. The summed E-state index contributed by atoms with van der Waals surface area (Å²) < 4.78 is 61.6. The SMILES string of the molecule is CC(N)C(=N)C(=O)NC(c1cn2ncc(C3CCCCN3C(=O)C3CCC(F)(F)CO3)nc2n1)C1CCC(F)(F)CC1. The molecular weight excluding hydrogens is 560 g/mol. The quantitative estimate of drug-likeness (QED) is 0.328. The number of alkyl halides is 4. The van der Waals surface area contributed by atoms with Gasteiger partial charge in [0.1, 0.15) is 18.4 Å². The molecule has 1 saturated carbocycles. The molecule has 2 aromatic heterocycles. The largest absolute Gasteiger partial charge is 0.362 e. The smallest absolute Gasteiger partial charge is 0.271 e. The Morgan fingerprint density at radius 1 is 1.10 bits per heavy atom. The van der Waals surface area contributed by atoms with Crippen molar-refractivity contribution >= 4 is 23.3 Å². The first-order valence-electron chi connectivity index (χ1n) is 14.4. The van der Waals surface area contributed by atoms with Gasteiger partial charge in [0.25, 0.3) is 23.5 Å². The van der Waals surface area contributed by atoms with Crippen LogP contribution in [0.3, 0.4) is 0 Å². The minimum atomic E-state index is -2.94. The molecule has 4 N–H and O–H groups in total. The van der Waals surface area contributed by atoms with Gasteiger partial charge in [0.05, 0.1) is 35.9 Å². The van der Waals surface area contributed by atoms with Gasteiger partial charge in [-0.1, -0.05) is 0 Å². The third-order valence-corrected chi connectivity index (χ3v) is 8.44. The molecule has 11 nitrogen and oxygen atoms in total. The summed E-state index contributed by atoms with van der Waals surface area (Å²) in [6.07, 6.45) is 3.51. The molecule has 4 heterocycles. The second-order valence-electron chi connectivity index (χ2n) is 11.7. The van der Waals surface area contributed by atoms with Gasteiger partial charge >= 0.3 is 0 Å². The number of hydrogen-bond donors (Lipinski definition) is 3. The van der Waals surface area contributed by atoms with Gasteiger partial charge < -0.3 is 20.7 Å². The fraction of sp³-hybridized carbons (Fsp3) is 0.704. The van der Waals surface area contributed by atoms with Gasteiger partial charge in [0, 0.05) is 31.8 Å². The topological polar surface area (TPSA) is 152 Å². The lowest BCUT2D eigenvalue weighted by molar-refractivity contribution is -0.172. The van der Waals surface area contributed by atoms with Crippen LogP contribution in [0.1, 0.15) is 88.2 Å². The van der Waals surface area contributed by atoms with Crippen molar-refractivity contribution in [3.05, 3.63) is 23.8 Å². The molecule has 3 fully saturated rings. The van der Waals surface area contributed by atoms with E-state index in [2.05, 4.69) is 20.4 Å². The fourth-order valence-electron chi connectivity index (χ4n) is 5.97. The number of halogens is 4. The Bertz CT molecular complexity index is 1320. The number of nitrogens with two attached hydrogens (primary N) is 1. The third-order valence-electron chi connectivity index (χ3n) is 8.44. The number of fused-ring (bicyclic) bond motifs is 1. The molecule has 42 heavy (non-hydrogen) atoms. The summed E-state index contributed by atoms with van der Waals surface area (Å²) in [6, 6.07) is -2.03. The highest BCUT2D eigenvalue weighted by molar-refractivity contribution is 6.39. The molecule has 0 bridgehead atoms. The van der Waals surface area contributed by atoms with Crippen LogP contribution in [0.5, 0.6) is 0 Å². The van der Waals surface area contributed by atoms with E-state index in [1.807, 2.05) is 0 Å². The zero-order valence-corrected chi connectivity index (χ0v) is 23.4. The summed E-state index contributed by atoms with van der Waals surface area (Å²) in [5, 5.41) is 15.2. The normalized spacial score (nSPS) is 26.0. The van der Waals surface area contributed by atoms with Crippen LogP contribution in [0.15, 0.2) is 12.4 Å². The number of carbonyl (C=O) groups is 2. The zero-order valence-electron chi connectivity index (χ0n) is 23.4. The van der Waals surface area contributed by atoms with Crippen LogP contribution in [0.4, 0.5) is 17.6 Å². The van der Waals surface area contributed by atoms with E-state index in [1.165, 1.54) is 17.6 Å². The van der Waals surface area contributed by atoms with Crippen molar-refractivity contribution in [1.29, 1.82) is 5.41 Å². The maximum Gasteiger partial charge on any atom is 0.271 e. The highest BCUT2D eigenvalue weighted by Gasteiger charge is 2.42. The van der Waals surface area contributed by atoms with E-state index in [1.54, 1.807) is 11.1 Å². The minimum Gasteiger partial charge on any atom is -0.362 e. The Balaban J connectivity index is 1.39. The number of amides is 2. The van der Waals surface area contributed by atoms with Crippen LogP contribution in [0.2, 0.25) is 0 Å². The minimum absolute atomic E-state index is 0.0655. The number of piperidine rings is 1. The number of ether oxygens (including phenoxy) is 1. The molecule has 230 valence electrons. The Morgan fingerprint density at radius 2 is 1.81 bits per heavy atom. The molecular formula is C27H36F4N8O3. The molecule has 0 aromatic carbocycles. The number of imidazole rings is 1. The summed E-state index contributed by atoms with van der Waals surface area (Å²) in [7, 11) is 0. The van der Waals surface area contributed by atoms with E-state index in [4.69, 9.17) is 15.9 Å². The van der Waals surface area contributed by atoms with Crippen LogP contribution >= 0.6 is 0 Å². The molecule has 2 amide bonds. The second-order valence-corrected chi connectivity index (χ2v) is 11.7. The van der Waals surface area contributed by atoms with Crippen molar-refractivity contribution in [3.8, 4) is 0 Å². The standard InChI is InChI=1S/C27H36F4N8O3/c1-15(32)21(33)23(40)37-22(16-5-8-26(28,29)9-6-16)18-13-39-25(36-18)35-17(12-34-39)19-4-2-3-11-38(19)24(41)20-7-10-27(30,31)14-42-20/h12-13,15-16,19-20,22,33H,2-11,14,32H2,1H3,(H,37,40).